The summed E-state index contributed by atoms with van der Waals surface area (Å²) in [5, 5.41) is 13.1. The molecule has 4 aromatic rings. The predicted octanol–water partition coefficient (Wildman–Crippen LogP) is 2.63. The van der Waals surface area contributed by atoms with Crippen LogP contribution >= 0.6 is 22.9 Å². The largest absolute Gasteiger partial charge is 0.379 e. The first-order valence-corrected chi connectivity index (χ1v) is 15.0. The molecule has 0 radical (unpaired) electrons. The molecule has 5 rings (SSSR count). The van der Waals surface area contributed by atoms with Crippen LogP contribution in [0.5, 0.6) is 0 Å². The molecule has 232 valence electrons. The van der Waals surface area contributed by atoms with Crippen molar-refractivity contribution in [3.05, 3.63) is 69.3 Å². The third-order valence-corrected chi connectivity index (χ3v) is 8.29. The Morgan fingerprint density at radius 1 is 0.864 bits per heavy atom. The fraction of sp³-hybridized carbons (Fsp3) is 0.321. The van der Waals surface area contributed by atoms with Crippen molar-refractivity contribution in [2.75, 3.05) is 55.3 Å². The fourth-order valence-electron chi connectivity index (χ4n) is 4.71. The van der Waals surface area contributed by atoms with E-state index in [0.29, 0.717) is 46.7 Å². The lowest BCUT2D eigenvalue weighted by Gasteiger charge is -2.26. The van der Waals surface area contributed by atoms with Crippen LogP contribution in [0.4, 0.5) is 17.2 Å². The minimum absolute atomic E-state index is 0.0486. The standard InChI is InChI=1S/C28H32ClN9O5S/c1-35-14-17(12-20(35)25(39)30-5-6-38-7-9-43-10-8-38)31-26(40)21-13-18(15-36(21)2)32-28(42)24-33-22(16-37(24)3)34-27(41)23-19(29)4-11-44-23/h4,11-16H,5-10H2,1-3H3,(H,30,39)(H,31,40)(H,32,42)(H,34,41). The average Bonchev–Trinajstić information content (AvgIpc) is 3.76. The molecule has 16 heteroatoms. The van der Waals surface area contributed by atoms with Gasteiger partial charge in [0.1, 0.15) is 16.3 Å². The second-order valence-electron chi connectivity index (χ2n) is 10.2. The van der Waals surface area contributed by atoms with Gasteiger partial charge < -0.3 is 39.7 Å². The maximum Gasteiger partial charge on any atom is 0.291 e. The molecule has 1 aliphatic rings. The zero-order valence-corrected chi connectivity index (χ0v) is 25.9. The molecule has 0 atom stereocenters. The van der Waals surface area contributed by atoms with Crippen molar-refractivity contribution >= 4 is 63.8 Å². The van der Waals surface area contributed by atoms with E-state index >= 15 is 0 Å². The molecule has 0 saturated carbocycles. The number of halogens is 1. The molecule has 1 fully saturated rings. The maximum absolute atomic E-state index is 13.1. The summed E-state index contributed by atoms with van der Waals surface area (Å²) < 4.78 is 10.0. The number of anilines is 3. The van der Waals surface area contributed by atoms with E-state index in [1.165, 1.54) is 28.2 Å². The Kier molecular flexibility index (Phi) is 9.49. The summed E-state index contributed by atoms with van der Waals surface area (Å²) in [6, 6.07) is 4.76. The Hall–Kier alpha value is -4.44. The Bertz CT molecular complexity index is 1700. The highest BCUT2D eigenvalue weighted by Crippen LogP contribution is 2.23. The SMILES string of the molecule is Cn1cc(NC(=O)c2cc(NC(=O)c3nc(NC(=O)c4sccc4Cl)cn3C)cn2C)cc1C(=O)NCCN1CCOCC1. The molecule has 14 nitrogen and oxygen atoms in total. The van der Waals surface area contributed by atoms with Crippen molar-refractivity contribution in [3.8, 4) is 0 Å². The predicted molar refractivity (Wildman–Crippen MR) is 167 cm³/mol. The summed E-state index contributed by atoms with van der Waals surface area (Å²) in [5.74, 6) is -1.39. The van der Waals surface area contributed by atoms with Crippen LogP contribution in [0.3, 0.4) is 0 Å². The number of imidazole rings is 1. The minimum atomic E-state index is -0.535. The Labute approximate surface area is 261 Å². The van der Waals surface area contributed by atoms with Gasteiger partial charge in [-0.3, -0.25) is 24.1 Å². The van der Waals surface area contributed by atoms with Crippen LogP contribution in [0, 0.1) is 0 Å². The van der Waals surface area contributed by atoms with E-state index in [4.69, 9.17) is 16.3 Å². The Balaban J connectivity index is 1.17. The normalized spacial score (nSPS) is 13.5. The molecule has 4 aromatic heterocycles. The van der Waals surface area contributed by atoms with E-state index in [1.54, 1.807) is 60.2 Å². The molecule has 0 bridgehead atoms. The van der Waals surface area contributed by atoms with Crippen LogP contribution in [-0.2, 0) is 25.9 Å². The van der Waals surface area contributed by atoms with E-state index < -0.39 is 17.7 Å². The summed E-state index contributed by atoms with van der Waals surface area (Å²) in [6.07, 6.45) is 4.76. The lowest BCUT2D eigenvalue weighted by molar-refractivity contribution is 0.0383. The van der Waals surface area contributed by atoms with Gasteiger partial charge in [0, 0.05) is 65.9 Å². The molecular weight excluding hydrogens is 610 g/mol. The number of amides is 4. The molecular formula is C28H32ClN9O5S. The van der Waals surface area contributed by atoms with Gasteiger partial charge in [0.2, 0.25) is 5.82 Å². The van der Waals surface area contributed by atoms with Gasteiger partial charge in [-0.1, -0.05) is 11.6 Å². The second kappa shape index (κ2) is 13.5. The van der Waals surface area contributed by atoms with Gasteiger partial charge in [0.25, 0.3) is 23.6 Å². The summed E-state index contributed by atoms with van der Waals surface area (Å²) in [4.78, 5) is 58.1. The van der Waals surface area contributed by atoms with Crippen LogP contribution in [-0.4, -0.2) is 86.6 Å². The lowest BCUT2D eigenvalue weighted by Crippen LogP contribution is -2.41. The van der Waals surface area contributed by atoms with Crippen LogP contribution in [0.25, 0.3) is 0 Å². The molecule has 1 saturated heterocycles. The fourth-order valence-corrected chi connectivity index (χ4v) is 5.74. The molecule has 4 N–H and O–H groups in total. The van der Waals surface area contributed by atoms with E-state index in [-0.39, 0.29) is 23.2 Å². The van der Waals surface area contributed by atoms with Gasteiger partial charge in [-0.05, 0) is 23.6 Å². The number of morpholine rings is 1. The second-order valence-corrected chi connectivity index (χ2v) is 11.5. The van der Waals surface area contributed by atoms with E-state index in [1.807, 2.05) is 0 Å². The third kappa shape index (κ3) is 7.19. The summed E-state index contributed by atoms with van der Waals surface area (Å²) in [5.41, 5.74) is 1.51. The van der Waals surface area contributed by atoms with Gasteiger partial charge in [-0.25, -0.2) is 4.98 Å². The summed E-state index contributed by atoms with van der Waals surface area (Å²) in [7, 11) is 5.03. The Morgan fingerprint density at radius 3 is 2.14 bits per heavy atom. The molecule has 1 aliphatic heterocycles. The highest BCUT2D eigenvalue weighted by atomic mass is 35.5. The average molecular weight is 642 g/mol. The number of aryl methyl sites for hydroxylation is 3. The third-order valence-electron chi connectivity index (χ3n) is 6.95. The highest BCUT2D eigenvalue weighted by Gasteiger charge is 2.21. The van der Waals surface area contributed by atoms with Gasteiger partial charge in [-0.15, -0.1) is 11.3 Å². The van der Waals surface area contributed by atoms with Crippen molar-refractivity contribution < 1.29 is 23.9 Å². The number of nitrogens with one attached hydrogen (secondary N) is 4. The molecule has 0 unspecified atom stereocenters. The molecule has 44 heavy (non-hydrogen) atoms. The first-order chi connectivity index (χ1) is 21.1. The zero-order valence-electron chi connectivity index (χ0n) is 24.3. The van der Waals surface area contributed by atoms with Gasteiger partial charge in [-0.2, -0.15) is 0 Å². The number of rotatable bonds is 10. The molecule has 0 spiro atoms. The van der Waals surface area contributed by atoms with Crippen LogP contribution in [0.2, 0.25) is 5.02 Å². The van der Waals surface area contributed by atoms with Gasteiger partial charge >= 0.3 is 0 Å². The van der Waals surface area contributed by atoms with Crippen LogP contribution in [0.15, 0.2) is 42.2 Å². The van der Waals surface area contributed by atoms with Gasteiger partial charge in [0.05, 0.1) is 29.6 Å². The van der Waals surface area contributed by atoms with Gasteiger partial charge in [0.15, 0.2) is 5.82 Å². The summed E-state index contributed by atoms with van der Waals surface area (Å²) >= 11 is 7.22. The number of hydrogen-bond acceptors (Lipinski definition) is 8. The van der Waals surface area contributed by atoms with E-state index in [9.17, 15) is 19.2 Å². The van der Waals surface area contributed by atoms with Crippen molar-refractivity contribution in [3.63, 3.8) is 0 Å². The smallest absolute Gasteiger partial charge is 0.291 e. The highest BCUT2D eigenvalue weighted by molar-refractivity contribution is 7.12. The number of nitrogens with zero attached hydrogens (tertiary/aromatic N) is 5. The quantitative estimate of drug-likeness (QED) is 0.207. The zero-order chi connectivity index (χ0) is 31.4. The molecule has 0 aromatic carbocycles. The lowest BCUT2D eigenvalue weighted by atomic mass is 10.3. The summed E-state index contributed by atoms with van der Waals surface area (Å²) in [6.45, 7) is 4.32. The number of carbonyl (C=O) groups excluding carboxylic acids is 4. The first kappa shape index (κ1) is 31.0. The molecule has 4 amide bonds. The van der Waals surface area contributed by atoms with E-state index in [0.717, 1.165) is 19.6 Å². The number of hydrogen-bond donors (Lipinski definition) is 4. The van der Waals surface area contributed by atoms with Crippen molar-refractivity contribution in [1.29, 1.82) is 0 Å². The first-order valence-electron chi connectivity index (χ1n) is 13.7. The van der Waals surface area contributed by atoms with Crippen molar-refractivity contribution in [2.24, 2.45) is 21.1 Å². The number of ether oxygens (including phenoxy) is 1. The van der Waals surface area contributed by atoms with Crippen molar-refractivity contribution in [2.45, 2.75) is 0 Å². The van der Waals surface area contributed by atoms with Crippen LogP contribution in [0.1, 0.15) is 41.3 Å². The Morgan fingerprint density at radius 2 is 1.50 bits per heavy atom. The minimum Gasteiger partial charge on any atom is -0.379 e. The number of aromatic nitrogens is 4. The van der Waals surface area contributed by atoms with E-state index in [2.05, 4.69) is 31.2 Å². The van der Waals surface area contributed by atoms with Crippen molar-refractivity contribution in [1.82, 2.24) is 28.9 Å². The topological polar surface area (TPSA) is 157 Å². The molecule has 5 heterocycles. The number of thiophene rings is 1. The maximum atomic E-state index is 13.1. The molecule has 0 aliphatic carbocycles. The van der Waals surface area contributed by atoms with Crippen LogP contribution < -0.4 is 21.3 Å². The number of carbonyl (C=O) groups is 4. The monoisotopic (exact) mass is 641 g/mol.